The van der Waals surface area contributed by atoms with Crippen LogP contribution in [0.2, 0.25) is 0 Å². The molecule has 0 saturated carbocycles. The highest BCUT2D eigenvalue weighted by molar-refractivity contribution is 7.15. The van der Waals surface area contributed by atoms with Gasteiger partial charge in [-0.2, -0.15) is 10.4 Å². The van der Waals surface area contributed by atoms with E-state index < -0.39 is 0 Å². The topological polar surface area (TPSA) is 83.1 Å². The fourth-order valence-electron chi connectivity index (χ4n) is 3.78. The molecule has 7 heteroatoms. The van der Waals surface area contributed by atoms with Crippen LogP contribution in [0, 0.1) is 25.2 Å². The number of nitrogens with one attached hydrogen (secondary N) is 1. The second-order valence-electron chi connectivity index (χ2n) is 7.10. The summed E-state index contributed by atoms with van der Waals surface area (Å²) in [7, 11) is 0. The molecule has 6 nitrogen and oxygen atoms in total. The van der Waals surface area contributed by atoms with Gasteiger partial charge in [-0.25, -0.2) is 5.43 Å². The average Bonchev–Trinajstić information content (AvgIpc) is 3.24. The van der Waals surface area contributed by atoms with Crippen molar-refractivity contribution < 1.29 is 4.79 Å². The molecule has 0 saturated heterocycles. The number of aryl methyl sites for hydroxylation is 2. The lowest BCUT2D eigenvalue weighted by Crippen LogP contribution is -2.17. The van der Waals surface area contributed by atoms with Crippen LogP contribution >= 0.6 is 11.3 Å². The Morgan fingerprint density at radius 2 is 2.07 bits per heavy atom. The highest BCUT2D eigenvalue weighted by Gasteiger charge is 2.23. The molecular weight excluding hydrogens is 382 g/mol. The third-order valence-electron chi connectivity index (χ3n) is 5.25. The smallest absolute Gasteiger partial charge is 0.271 e. The van der Waals surface area contributed by atoms with Crippen LogP contribution in [0.5, 0.6) is 0 Å². The molecule has 1 aliphatic rings. The van der Waals surface area contributed by atoms with Crippen LogP contribution in [-0.4, -0.2) is 21.7 Å². The molecule has 0 atom stereocenters. The molecule has 0 aromatic carbocycles. The largest absolute Gasteiger partial charge is 0.308 e. The standard InChI is InChI=1S/C22H21N5OS/c1-14-11-17(13-25-26-21(28)16-7-9-24-10-8-16)15(2)27(14)22-19(12-23)18-5-3-4-6-20(18)29-22/h7-11,13H,3-6H2,1-2H3,(H,26,28). The van der Waals surface area contributed by atoms with Crippen molar-refractivity contribution in [1.82, 2.24) is 15.0 Å². The number of thiophene rings is 1. The molecule has 29 heavy (non-hydrogen) atoms. The first-order chi connectivity index (χ1) is 14.1. The summed E-state index contributed by atoms with van der Waals surface area (Å²) in [4.78, 5) is 17.4. The Bertz CT molecular complexity index is 1130. The minimum atomic E-state index is -0.282. The molecule has 0 bridgehead atoms. The first-order valence-corrected chi connectivity index (χ1v) is 10.4. The lowest BCUT2D eigenvalue weighted by atomic mass is 9.96. The van der Waals surface area contributed by atoms with Crippen molar-refractivity contribution in [3.8, 4) is 11.1 Å². The summed E-state index contributed by atoms with van der Waals surface area (Å²) in [6.07, 6.45) is 9.18. The average molecular weight is 404 g/mol. The van der Waals surface area contributed by atoms with E-state index in [2.05, 4.69) is 26.1 Å². The van der Waals surface area contributed by atoms with Crippen LogP contribution in [0.3, 0.4) is 0 Å². The van der Waals surface area contributed by atoms with E-state index in [0.717, 1.165) is 46.8 Å². The van der Waals surface area contributed by atoms with Crippen LogP contribution in [-0.2, 0) is 12.8 Å². The van der Waals surface area contributed by atoms with E-state index in [4.69, 9.17) is 0 Å². The van der Waals surface area contributed by atoms with Gasteiger partial charge >= 0.3 is 0 Å². The van der Waals surface area contributed by atoms with E-state index in [1.165, 1.54) is 16.9 Å². The first kappa shape index (κ1) is 19.1. The predicted molar refractivity (Wildman–Crippen MR) is 114 cm³/mol. The van der Waals surface area contributed by atoms with Crippen molar-refractivity contribution in [3.05, 3.63) is 69.1 Å². The van der Waals surface area contributed by atoms with Crippen LogP contribution < -0.4 is 5.43 Å². The summed E-state index contributed by atoms with van der Waals surface area (Å²) in [6.45, 7) is 4.04. The van der Waals surface area contributed by atoms with Gasteiger partial charge in [-0.1, -0.05) is 0 Å². The molecule has 0 fully saturated rings. The minimum Gasteiger partial charge on any atom is -0.308 e. The summed E-state index contributed by atoms with van der Waals surface area (Å²) in [5.74, 6) is -0.282. The number of hydrogen-bond donors (Lipinski definition) is 1. The molecule has 0 radical (unpaired) electrons. The normalized spacial score (nSPS) is 13.3. The summed E-state index contributed by atoms with van der Waals surface area (Å²) in [5, 5.41) is 14.9. The van der Waals surface area contributed by atoms with Gasteiger partial charge in [0.25, 0.3) is 5.91 Å². The number of carbonyl (C=O) groups is 1. The Morgan fingerprint density at radius 1 is 1.31 bits per heavy atom. The zero-order valence-corrected chi connectivity index (χ0v) is 17.2. The molecule has 3 aromatic heterocycles. The number of nitriles is 1. The molecule has 4 rings (SSSR count). The number of carbonyl (C=O) groups excluding carboxylic acids is 1. The molecule has 0 aliphatic heterocycles. The number of fused-ring (bicyclic) bond motifs is 1. The van der Waals surface area contributed by atoms with E-state index in [0.29, 0.717) is 5.56 Å². The zero-order valence-electron chi connectivity index (χ0n) is 16.4. The van der Waals surface area contributed by atoms with Gasteiger partial charge in [-0.05, 0) is 63.3 Å². The SMILES string of the molecule is Cc1cc(C=NNC(=O)c2ccncc2)c(C)n1-c1sc2c(c1C#N)CCCC2. The lowest BCUT2D eigenvalue weighted by Gasteiger charge is -2.10. The fourth-order valence-corrected chi connectivity index (χ4v) is 5.23. The quantitative estimate of drug-likeness (QED) is 0.527. The number of hydrogen-bond acceptors (Lipinski definition) is 5. The second kappa shape index (κ2) is 8.02. The summed E-state index contributed by atoms with van der Waals surface area (Å²) >= 11 is 1.73. The van der Waals surface area contributed by atoms with Crippen molar-refractivity contribution in [3.63, 3.8) is 0 Å². The second-order valence-corrected chi connectivity index (χ2v) is 8.18. The number of rotatable bonds is 4. The molecule has 0 unspecified atom stereocenters. The van der Waals surface area contributed by atoms with Crippen molar-refractivity contribution in [2.24, 2.45) is 5.10 Å². The van der Waals surface area contributed by atoms with E-state index >= 15 is 0 Å². The summed E-state index contributed by atoms with van der Waals surface area (Å²) in [6, 6.07) is 7.74. The first-order valence-electron chi connectivity index (χ1n) is 9.57. The van der Waals surface area contributed by atoms with E-state index in [1.807, 2.05) is 19.9 Å². The highest BCUT2D eigenvalue weighted by Crippen LogP contribution is 2.38. The van der Waals surface area contributed by atoms with E-state index in [9.17, 15) is 10.1 Å². The minimum absolute atomic E-state index is 0.282. The Kier molecular flexibility index (Phi) is 5.28. The number of amides is 1. The van der Waals surface area contributed by atoms with E-state index in [1.54, 1.807) is 42.1 Å². The van der Waals surface area contributed by atoms with Gasteiger partial charge < -0.3 is 4.57 Å². The Hall–Kier alpha value is -3.24. The van der Waals surface area contributed by atoms with Gasteiger partial charge in [0.05, 0.1) is 11.8 Å². The van der Waals surface area contributed by atoms with Crippen molar-refractivity contribution in [2.45, 2.75) is 39.5 Å². The molecule has 146 valence electrons. The summed E-state index contributed by atoms with van der Waals surface area (Å²) in [5.41, 5.74) is 8.04. The van der Waals surface area contributed by atoms with Crippen LogP contribution in [0.1, 0.15) is 56.2 Å². The number of nitrogens with zero attached hydrogens (tertiary/aromatic N) is 4. The molecular formula is C22H21N5OS. The van der Waals surface area contributed by atoms with Gasteiger partial charge in [-0.3, -0.25) is 9.78 Å². The van der Waals surface area contributed by atoms with Gasteiger partial charge in [0.2, 0.25) is 0 Å². The monoisotopic (exact) mass is 403 g/mol. The Labute approximate surface area is 173 Å². The van der Waals surface area contributed by atoms with Gasteiger partial charge in [0.1, 0.15) is 11.1 Å². The van der Waals surface area contributed by atoms with Crippen molar-refractivity contribution in [2.75, 3.05) is 0 Å². The number of hydrazone groups is 1. The molecule has 3 aromatic rings. The molecule has 1 amide bonds. The molecule has 1 N–H and O–H groups in total. The van der Waals surface area contributed by atoms with Gasteiger partial charge in [0, 0.05) is 39.8 Å². The molecule has 3 heterocycles. The number of pyridine rings is 1. The Morgan fingerprint density at radius 3 is 2.83 bits per heavy atom. The van der Waals surface area contributed by atoms with Gasteiger partial charge in [0.15, 0.2) is 0 Å². The van der Waals surface area contributed by atoms with Crippen LogP contribution in [0.25, 0.3) is 5.00 Å². The molecule has 1 aliphatic carbocycles. The van der Waals surface area contributed by atoms with Crippen LogP contribution in [0.15, 0.2) is 35.7 Å². The maximum atomic E-state index is 12.1. The zero-order chi connectivity index (χ0) is 20.4. The third kappa shape index (κ3) is 3.59. The van der Waals surface area contributed by atoms with Crippen LogP contribution in [0.4, 0.5) is 0 Å². The van der Waals surface area contributed by atoms with Crippen molar-refractivity contribution >= 4 is 23.5 Å². The summed E-state index contributed by atoms with van der Waals surface area (Å²) < 4.78 is 2.13. The maximum Gasteiger partial charge on any atom is 0.271 e. The predicted octanol–water partition coefficient (Wildman–Crippen LogP) is 4.07. The maximum absolute atomic E-state index is 12.1. The number of aromatic nitrogens is 2. The van der Waals surface area contributed by atoms with Crippen molar-refractivity contribution in [1.29, 1.82) is 5.26 Å². The third-order valence-corrected chi connectivity index (χ3v) is 6.53. The lowest BCUT2D eigenvalue weighted by molar-refractivity contribution is 0.0955. The Balaban J connectivity index is 1.62. The fraction of sp³-hybridized carbons (Fsp3) is 0.273. The van der Waals surface area contributed by atoms with E-state index in [-0.39, 0.29) is 5.91 Å². The molecule has 0 spiro atoms. The highest BCUT2D eigenvalue weighted by atomic mass is 32.1. The van der Waals surface area contributed by atoms with Gasteiger partial charge in [-0.15, -0.1) is 11.3 Å².